The summed E-state index contributed by atoms with van der Waals surface area (Å²) in [5.74, 6) is -0.348. The van der Waals surface area contributed by atoms with Crippen molar-refractivity contribution in [2.24, 2.45) is 0 Å². The highest BCUT2D eigenvalue weighted by atomic mass is 16.6. The van der Waals surface area contributed by atoms with E-state index in [1.54, 1.807) is 0 Å². The average molecular weight is 284 g/mol. The molecule has 2 amide bonds. The van der Waals surface area contributed by atoms with Gasteiger partial charge in [-0.2, -0.15) is 0 Å². The Balaban J connectivity index is 3.24. The average Bonchev–Trinajstić information content (AvgIpc) is 2.37. The van der Waals surface area contributed by atoms with Gasteiger partial charge in [0, 0.05) is 5.56 Å². The van der Waals surface area contributed by atoms with Gasteiger partial charge in [0.1, 0.15) is 5.82 Å². The van der Waals surface area contributed by atoms with Gasteiger partial charge in [0.2, 0.25) is 5.82 Å². The molecule has 10 heteroatoms. The Morgan fingerprint density at radius 1 is 1.25 bits per heavy atom. The van der Waals surface area contributed by atoms with Crippen LogP contribution in [0.15, 0.2) is 6.07 Å². The number of hydrogen-bond donors (Lipinski definition) is 2. The van der Waals surface area contributed by atoms with Gasteiger partial charge in [-0.05, 0) is 13.0 Å². The first-order chi connectivity index (χ1) is 9.38. The Kier molecular flexibility index (Phi) is 4.78. The fourth-order valence-corrected chi connectivity index (χ4v) is 1.35. The molecule has 2 N–H and O–H groups in total. The number of aromatic nitrogens is 1. The van der Waals surface area contributed by atoms with Gasteiger partial charge < -0.3 is 9.47 Å². The molecular formula is C10H12N4O6. The van der Waals surface area contributed by atoms with Crippen LogP contribution in [0.4, 0.5) is 26.9 Å². The summed E-state index contributed by atoms with van der Waals surface area (Å²) in [5.41, 5.74) is -0.200. The Labute approximate surface area is 113 Å². The van der Waals surface area contributed by atoms with E-state index < -0.39 is 22.8 Å². The van der Waals surface area contributed by atoms with Crippen LogP contribution in [0.25, 0.3) is 0 Å². The Morgan fingerprint density at radius 3 is 2.30 bits per heavy atom. The quantitative estimate of drug-likeness (QED) is 0.636. The van der Waals surface area contributed by atoms with Crippen LogP contribution in [0, 0.1) is 17.0 Å². The normalized spacial score (nSPS) is 9.55. The molecule has 1 aromatic heterocycles. The molecule has 0 fully saturated rings. The summed E-state index contributed by atoms with van der Waals surface area (Å²) < 4.78 is 8.72. The first-order valence-corrected chi connectivity index (χ1v) is 5.25. The van der Waals surface area contributed by atoms with E-state index in [4.69, 9.17) is 0 Å². The second kappa shape index (κ2) is 6.31. The third-order valence-corrected chi connectivity index (χ3v) is 2.19. The molecule has 0 unspecified atom stereocenters. The lowest BCUT2D eigenvalue weighted by molar-refractivity contribution is -0.384. The maximum absolute atomic E-state index is 11.1. The predicted octanol–water partition coefficient (Wildman–Crippen LogP) is 1.65. The van der Waals surface area contributed by atoms with Crippen molar-refractivity contribution in [2.45, 2.75) is 6.92 Å². The minimum atomic E-state index is -0.921. The van der Waals surface area contributed by atoms with Crippen LogP contribution in [0.3, 0.4) is 0 Å². The van der Waals surface area contributed by atoms with Crippen LogP contribution in [-0.2, 0) is 9.47 Å². The van der Waals surface area contributed by atoms with Crippen LogP contribution >= 0.6 is 0 Å². The molecule has 0 saturated heterocycles. The number of nitrogens with zero attached hydrogens (tertiary/aromatic N) is 2. The minimum Gasteiger partial charge on any atom is -0.453 e. The van der Waals surface area contributed by atoms with E-state index in [2.05, 4.69) is 25.1 Å². The molecular weight excluding hydrogens is 272 g/mol. The Bertz CT molecular complexity index is 559. The molecule has 1 aromatic rings. The van der Waals surface area contributed by atoms with E-state index in [0.717, 1.165) is 14.2 Å². The molecule has 20 heavy (non-hydrogen) atoms. The zero-order valence-corrected chi connectivity index (χ0v) is 10.9. The SMILES string of the molecule is COC(=O)Nc1cc(C)c([N+](=O)[O-])c(NC(=O)OC)n1. The lowest BCUT2D eigenvalue weighted by Gasteiger charge is -2.09. The maximum Gasteiger partial charge on any atom is 0.412 e. The summed E-state index contributed by atoms with van der Waals surface area (Å²) in [7, 11) is 2.26. The predicted molar refractivity (Wildman–Crippen MR) is 67.7 cm³/mol. The summed E-state index contributed by atoms with van der Waals surface area (Å²) in [4.78, 5) is 36.3. The minimum absolute atomic E-state index is 0.00801. The monoisotopic (exact) mass is 284 g/mol. The summed E-state index contributed by atoms with van der Waals surface area (Å²) in [6.45, 7) is 1.44. The molecule has 0 aromatic carbocycles. The molecule has 1 rings (SSSR count). The number of nitrogens with one attached hydrogen (secondary N) is 2. The molecule has 0 bridgehead atoms. The van der Waals surface area contributed by atoms with Gasteiger partial charge >= 0.3 is 17.9 Å². The van der Waals surface area contributed by atoms with Crippen molar-refractivity contribution in [3.8, 4) is 0 Å². The second-order valence-electron chi connectivity index (χ2n) is 3.51. The topological polar surface area (TPSA) is 133 Å². The van der Waals surface area contributed by atoms with Gasteiger partial charge in [0.25, 0.3) is 0 Å². The number of ether oxygens (including phenoxy) is 2. The van der Waals surface area contributed by atoms with E-state index in [0.29, 0.717) is 0 Å². The lowest BCUT2D eigenvalue weighted by atomic mass is 10.2. The van der Waals surface area contributed by atoms with Crippen molar-refractivity contribution >= 4 is 29.5 Å². The summed E-state index contributed by atoms with van der Waals surface area (Å²) in [6.07, 6.45) is -1.72. The number of methoxy groups -OCH3 is 2. The fourth-order valence-electron chi connectivity index (χ4n) is 1.35. The third-order valence-electron chi connectivity index (χ3n) is 2.19. The molecule has 0 radical (unpaired) electrons. The van der Waals surface area contributed by atoms with Crippen molar-refractivity contribution in [2.75, 3.05) is 24.9 Å². The first kappa shape index (κ1) is 15.1. The molecule has 0 spiro atoms. The zero-order valence-electron chi connectivity index (χ0n) is 10.9. The number of rotatable bonds is 3. The van der Waals surface area contributed by atoms with Crippen LogP contribution in [0.5, 0.6) is 0 Å². The number of pyridine rings is 1. The molecule has 10 nitrogen and oxygen atoms in total. The van der Waals surface area contributed by atoms with Crippen molar-refractivity contribution in [1.82, 2.24) is 4.98 Å². The van der Waals surface area contributed by atoms with Crippen LogP contribution in [0.1, 0.15) is 5.56 Å². The number of nitro groups is 1. The largest absolute Gasteiger partial charge is 0.453 e. The van der Waals surface area contributed by atoms with Gasteiger partial charge in [0.15, 0.2) is 0 Å². The number of carbonyl (C=O) groups excluding carboxylic acids is 2. The summed E-state index contributed by atoms with van der Waals surface area (Å²) in [6, 6.07) is 1.28. The highest BCUT2D eigenvalue weighted by molar-refractivity contribution is 5.89. The maximum atomic E-state index is 11.1. The Hall–Kier alpha value is -2.91. The Morgan fingerprint density at radius 2 is 1.80 bits per heavy atom. The molecule has 0 saturated carbocycles. The summed E-state index contributed by atoms with van der Waals surface area (Å²) >= 11 is 0. The molecule has 0 aliphatic heterocycles. The second-order valence-corrected chi connectivity index (χ2v) is 3.51. The smallest absolute Gasteiger partial charge is 0.412 e. The molecule has 0 aliphatic rings. The van der Waals surface area contributed by atoms with Gasteiger partial charge in [-0.3, -0.25) is 20.7 Å². The zero-order chi connectivity index (χ0) is 15.3. The molecule has 1 heterocycles. The highest BCUT2D eigenvalue weighted by Gasteiger charge is 2.23. The van der Waals surface area contributed by atoms with E-state index in [-0.39, 0.29) is 17.2 Å². The molecule has 108 valence electrons. The van der Waals surface area contributed by atoms with Gasteiger partial charge in [-0.25, -0.2) is 14.6 Å². The van der Waals surface area contributed by atoms with Crippen molar-refractivity contribution in [3.05, 3.63) is 21.7 Å². The van der Waals surface area contributed by atoms with E-state index in [1.165, 1.54) is 13.0 Å². The number of carbonyl (C=O) groups is 2. The number of anilines is 2. The van der Waals surface area contributed by atoms with Crippen LogP contribution in [0.2, 0.25) is 0 Å². The van der Waals surface area contributed by atoms with Crippen LogP contribution in [-0.4, -0.2) is 36.3 Å². The fraction of sp³-hybridized carbons (Fsp3) is 0.300. The summed E-state index contributed by atoms with van der Waals surface area (Å²) in [5, 5.41) is 15.3. The number of hydrogen-bond acceptors (Lipinski definition) is 7. The van der Waals surface area contributed by atoms with E-state index >= 15 is 0 Å². The van der Waals surface area contributed by atoms with Crippen molar-refractivity contribution < 1.29 is 24.0 Å². The number of aryl methyl sites for hydroxylation is 1. The highest BCUT2D eigenvalue weighted by Crippen LogP contribution is 2.29. The van der Waals surface area contributed by atoms with Gasteiger partial charge in [-0.15, -0.1) is 0 Å². The first-order valence-electron chi connectivity index (χ1n) is 5.25. The van der Waals surface area contributed by atoms with Crippen molar-refractivity contribution in [1.29, 1.82) is 0 Å². The standard InChI is InChI=1S/C10H12N4O6/c1-5-4-6(12-9(15)19-2)11-8(7(5)14(17)18)13-10(16)20-3/h4H,1-3H3,(H2,11,12,13,15,16). The van der Waals surface area contributed by atoms with Crippen molar-refractivity contribution in [3.63, 3.8) is 0 Å². The van der Waals surface area contributed by atoms with Gasteiger partial charge in [-0.1, -0.05) is 0 Å². The molecule has 0 aliphatic carbocycles. The molecule has 0 atom stereocenters. The van der Waals surface area contributed by atoms with Gasteiger partial charge in [0.05, 0.1) is 19.1 Å². The number of amides is 2. The van der Waals surface area contributed by atoms with E-state index in [1.807, 2.05) is 0 Å². The van der Waals surface area contributed by atoms with Crippen LogP contribution < -0.4 is 10.6 Å². The third kappa shape index (κ3) is 3.54. The lowest BCUT2D eigenvalue weighted by Crippen LogP contribution is -2.17. The van der Waals surface area contributed by atoms with E-state index in [9.17, 15) is 19.7 Å².